The van der Waals surface area contributed by atoms with Gasteiger partial charge in [0.25, 0.3) is 11.8 Å². The maximum Gasteiger partial charge on any atom is 0.416 e. The van der Waals surface area contributed by atoms with Gasteiger partial charge in [-0.25, -0.2) is 4.98 Å². The lowest BCUT2D eigenvalue weighted by atomic mass is 10.1. The number of alkyl halides is 3. The predicted octanol–water partition coefficient (Wildman–Crippen LogP) is 5.11. The SMILES string of the molecule is NC(=O)c1cccc(C(=O)N(c2ccccc2)c2cc(C(=O)NCc3cccc(C(F)(F)F)c3)ccn2)c1. The molecule has 38 heavy (non-hydrogen) atoms. The monoisotopic (exact) mass is 518 g/mol. The molecule has 0 unspecified atom stereocenters. The fourth-order valence-electron chi connectivity index (χ4n) is 3.69. The van der Waals surface area contributed by atoms with Gasteiger partial charge < -0.3 is 11.1 Å². The van der Waals surface area contributed by atoms with Gasteiger partial charge in [0.05, 0.1) is 11.3 Å². The van der Waals surface area contributed by atoms with Crippen LogP contribution in [-0.4, -0.2) is 22.7 Å². The molecule has 0 saturated heterocycles. The fourth-order valence-corrected chi connectivity index (χ4v) is 3.69. The zero-order chi connectivity index (χ0) is 27.3. The van der Waals surface area contributed by atoms with Crippen LogP contribution in [0.1, 0.15) is 42.2 Å². The van der Waals surface area contributed by atoms with E-state index in [1.807, 2.05) is 0 Å². The van der Waals surface area contributed by atoms with Gasteiger partial charge in [-0.2, -0.15) is 13.2 Å². The first kappa shape index (κ1) is 26.1. The number of nitrogens with two attached hydrogens (primary N) is 1. The summed E-state index contributed by atoms with van der Waals surface area (Å²) < 4.78 is 39.0. The molecular formula is C28H21F3N4O3. The highest BCUT2D eigenvalue weighted by Crippen LogP contribution is 2.30. The lowest BCUT2D eigenvalue weighted by Gasteiger charge is -2.22. The first-order valence-corrected chi connectivity index (χ1v) is 11.3. The smallest absolute Gasteiger partial charge is 0.366 e. The van der Waals surface area contributed by atoms with E-state index in [4.69, 9.17) is 5.73 Å². The fraction of sp³-hybridized carbons (Fsp3) is 0.0714. The van der Waals surface area contributed by atoms with Crippen LogP contribution < -0.4 is 16.0 Å². The van der Waals surface area contributed by atoms with E-state index in [-0.39, 0.29) is 34.6 Å². The Kier molecular flexibility index (Phi) is 7.52. The molecule has 0 atom stereocenters. The second kappa shape index (κ2) is 11.0. The van der Waals surface area contributed by atoms with E-state index < -0.39 is 29.5 Å². The van der Waals surface area contributed by atoms with Crippen LogP contribution in [0.25, 0.3) is 0 Å². The number of primary amides is 1. The summed E-state index contributed by atoms with van der Waals surface area (Å²) >= 11 is 0. The molecule has 3 aromatic carbocycles. The Morgan fingerprint density at radius 2 is 1.53 bits per heavy atom. The Morgan fingerprint density at radius 1 is 0.816 bits per heavy atom. The summed E-state index contributed by atoms with van der Waals surface area (Å²) in [4.78, 5) is 43.6. The van der Waals surface area contributed by atoms with Gasteiger partial charge in [0, 0.05) is 29.4 Å². The number of pyridine rings is 1. The molecule has 7 nitrogen and oxygen atoms in total. The maximum absolute atomic E-state index is 13.6. The van der Waals surface area contributed by atoms with Crippen LogP contribution in [0.3, 0.4) is 0 Å². The number of anilines is 2. The Hall–Kier alpha value is -4.99. The highest BCUT2D eigenvalue weighted by Gasteiger charge is 2.30. The highest BCUT2D eigenvalue weighted by atomic mass is 19.4. The van der Waals surface area contributed by atoms with E-state index in [0.717, 1.165) is 12.1 Å². The molecule has 0 aliphatic heterocycles. The van der Waals surface area contributed by atoms with E-state index in [1.54, 1.807) is 30.3 Å². The number of carbonyl (C=O) groups excluding carboxylic acids is 3. The third kappa shape index (κ3) is 6.04. The minimum Gasteiger partial charge on any atom is -0.366 e. The number of nitrogens with zero attached hydrogens (tertiary/aromatic N) is 2. The van der Waals surface area contributed by atoms with Crippen LogP contribution in [0.5, 0.6) is 0 Å². The Balaban J connectivity index is 1.62. The molecule has 4 rings (SSSR count). The Labute approximate surface area is 215 Å². The topological polar surface area (TPSA) is 105 Å². The Morgan fingerprint density at radius 3 is 2.24 bits per heavy atom. The van der Waals surface area contributed by atoms with Crippen molar-refractivity contribution in [3.8, 4) is 0 Å². The van der Waals surface area contributed by atoms with Gasteiger partial charge in [-0.05, 0) is 60.2 Å². The zero-order valence-electron chi connectivity index (χ0n) is 19.8. The van der Waals surface area contributed by atoms with Gasteiger partial charge >= 0.3 is 6.18 Å². The summed E-state index contributed by atoms with van der Waals surface area (Å²) in [6.45, 7) is -0.137. The summed E-state index contributed by atoms with van der Waals surface area (Å²) in [5, 5.41) is 2.59. The molecule has 1 aromatic heterocycles. The van der Waals surface area contributed by atoms with Crippen molar-refractivity contribution in [1.82, 2.24) is 10.3 Å². The van der Waals surface area contributed by atoms with Gasteiger partial charge in [-0.1, -0.05) is 36.4 Å². The summed E-state index contributed by atoms with van der Waals surface area (Å²) in [7, 11) is 0. The number of carbonyl (C=O) groups is 3. The van der Waals surface area contributed by atoms with E-state index in [1.165, 1.54) is 59.6 Å². The number of rotatable bonds is 7. The van der Waals surface area contributed by atoms with Crippen molar-refractivity contribution in [3.05, 3.63) is 125 Å². The van der Waals surface area contributed by atoms with Crippen LogP contribution in [-0.2, 0) is 12.7 Å². The maximum atomic E-state index is 13.6. The molecule has 3 N–H and O–H groups in total. The van der Waals surface area contributed by atoms with Gasteiger partial charge in [-0.15, -0.1) is 0 Å². The summed E-state index contributed by atoms with van der Waals surface area (Å²) in [5.74, 6) is -1.66. The van der Waals surface area contributed by atoms with Crippen molar-refractivity contribution in [3.63, 3.8) is 0 Å². The van der Waals surface area contributed by atoms with Gasteiger partial charge in [0.2, 0.25) is 5.91 Å². The van der Waals surface area contributed by atoms with Gasteiger partial charge in [0.15, 0.2) is 0 Å². The molecule has 0 bridgehead atoms. The zero-order valence-corrected chi connectivity index (χ0v) is 19.8. The predicted molar refractivity (Wildman–Crippen MR) is 135 cm³/mol. The number of hydrogen-bond acceptors (Lipinski definition) is 4. The van der Waals surface area contributed by atoms with Crippen LogP contribution in [0.2, 0.25) is 0 Å². The van der Waals surface area contributed by atoms with Crippen molar-refractivity contribution >= 4 is 29.2 Å². The van der Waals surface area contributed by atoms with Gasteiger partial charge in [0.1, 0.15) is 5.82 Å². The minimum absolute atomic E-state index is 0.123. The highest BCUT2D eigenvalue weighted by molar-refractivity contribution is 6.11. The van der Waals surface area contributed by atoms with E-state index in [9.17, 15) is 27.6 Å². The number of para-hydroxylation sites is 1. The summed E-state index contributed by atoms with van der Waals surface area (Å²) in [6.07, 6.45) is -3.15. The van der Waals surface area contributed by atoms with Crippen molar-refractivity contribution in [2.45, 2.75) is 12.7 Å². The number of benzene rings is 3. The normalized spacial score (nSPS) is 11.0. The third-order valence-electron chi connectivity index (χ3n) is 5.56. The second-order valence-electron chi connectivity index (χ2n) is 8.20. The van der Waals surface area contributed by atoms with Gasteiger partial charge in [-0.3, -0.25) is 19.3 Å². The molecule has 0 fully saturated rings. The van der Waals surface area contributed by atoms with Crippen molar-refractivity contribution in [1.29, 1.82) is 0 Å². The Bertz CT molecular complexity index is 1490. The molecule has 3 amide bonds. The first-order chi connectivity index (χ1) is 18.1. The molecule has 0 aliphatic carbocycles. The average molecular weight is 518 g/mol. The number of hydrogen-bond donors (Lipinski definition) is 2. The van der Waals surface area contributed by atoms with Crippen molar-refractivity contribution in [2.75, 3.05) is 4.90 Å². The minimum atomic E-state index is -4.50. The van der Waals surface area contributed by atoms with Crippen molar-refractivity contribution < 1.29 is 27.6 Å². The summed E-state index contributed by atoms with van der Waals surface area (Å²) in [5.41, 5.74) is 5.74. The standard InChI is InChI=1S/C28H21F3N4O3/c29-28(30,31)22-9-4-6-18(14-22)17-34-26(37)20-12-13-33-24(16-20)35(23-10-2-1-3-11-23)27(38)21-8-5-7-19(15-21)25(32)36/h1-16H,17H2,(H2,32,36)(H,34,37). The molecular weight excluding hydrogens is 497 g/mol. The molecule has 0 saturated carbocycles. The molecule has 0 aliphatic rings. The van der Waals surface area contributed by atoms with Crippen LogP contribution in [0, 0.1) is 0 Å². The van der Waals surface area contributed by atoms with E-state index in [0.29, 0.717) is 5.69 Å². The van der Waals surface area contributed by atoms with Crippen LogP contribution >= 0.6 is 0 Å². The third-order valence-corrected chi connectivity index (χ3v) is 5.56. The second-order valence-corrected chi connectivity index (χ2v) is 8.20. The van der Waals surface area contributed by atoms with Crippen LogP contribution in [0.15, 0.2) is 97.2 Å². The lowest BCUT2D eigenvalue weighted by molar-refractivity contribution is -0.137. The van der Waals surface area contributed by atoms with Crippen LogP contribution in [0.4, 0.5) is 24.7 Å². The van der Waals surface area contributed by atoms with E-state index in [2.05, 4.69) is 10.3 Å². The molecule has 0 spiro atoms. The largest absolute Gasteiger partial charge is 0.416 e. The molecule has 10 heteroatoms. The number of halogens is 3. The molecule has 4 aromatic rings. The quantitative estimate of drug-likeness (QED) is 0.355. The first-order valence-electron chi connectivity index (χ1n) is 11.3. The molecule has 1 heterocycles. The number of aromatic nitrogens is 1. The van der Waals surface area contributed by atoms with Crippen molar-refractivity contribution in [2.24, 2.45) is 5.73 Å². The summed E-state index contributed by atoms with van der Waals surface area (Å²) in [6, 6.07) is 22.0. The number of amides is 3. The molecule has 192 valence electrons. The van der Waals surface area contributed by atoms with E-state index >= 15 is 0 Å². The number of nitrogens with one attached hydrogen (secondary N) is 1. The average Bonchev–Trinajstić information content (AvgIpc) is 2.92. The lowest BCUT2D eigenvalue weighted by Crippen LogP contribution is -2.28. The molecule has 0 radical (unpaired) electrons.